The summed E-state index contributed by atoms with van der Waals surface area (Å²) in [6.45, 7) is 1.90. The first-order valence-corrected chi connectivity index (χ1v) is 6.09. The Balaban J connectivity index is 2.16. The highest BCUT2D eigenvalue weighted by atomic mass is 127. The molecule has 0 aliphatic heterocycles. The van der Waals surface area contributed by atoms with Crippen molar-refractivity contribution >= 4 is 34.3 Å². The van der Waals surface area contributed by atoms with Crippen LogP contribution in [0.5, 0.6) is 0 Å². The van der Waals surface area contributed by atoms with E-state index in [1.807, 2.05) is 13.0 Å². The number of carbonyl (C=O) groups is 1. The molecule has 1 N–H and O–H groups in total. The Morgan fingerprint density at radius 2 is 2.18 bits per heavy atom. The summed E-state index contributed by atoms with van der Waals surface area (Å²) < 4.78 is 1.07. The molecular weight excluding hydrogens is 329 g/mol. The van der Waals surface area contributed by atoms with Crippen molar-refractivity contribution < 1.29 is 4.79 Å². The van der Waals surface area contributed by atoms with Crippen molar-refractivity contribution in [3.8, 4) is 0 Å². The number of nitrogens with zero attached hydrogens (tertiary/aromatic N) is 2. The summed E-state index contributed by atoms with van der Waals surface area (Å²) >= 11 is 2.20. The Morgan fingerprint density at radius 1 is 1.35 bits per heavy atom. The Labute approximate surface area is 113 Å². The van der Waals surface area contributed by atoms with E-state index < -0.39 is 0 Å². The quantitative estimate of drug-likeness (QED) is 0.856. The van der Waals surface area contributed by atoms with Gasteiger partial charge in [-0.2, -0.15) is 0 Å². The maximum absolute atomic E-state index is 11.8. The second-order valence-corrected chi connectivity index (χ2v) is 4.62. The van der Waals surface area contributed by atoms with Crippen LogP contribution in [0.3, 0.4) is 0 Å². The van der Waals surface area contributed by atoms with Crippen LogP contribution in [-0.2, 0) is 0 Å². The first kappa shape index (κ1) is 12.0. The number of hydrogen-bond acceptors (Lipinski definition) is 3. The number of carbonyl (C=O) groups excluding carboxylic acids is 1. The summed E-state index contributed by atoms with van der Waals surface area (Å²) in [4.78, 5) is 20.0. The minimum atomic E-state index is -0.203. The Bertz CT molecular complexity index is 543. The lowest BCUT2D eigenvalue weighted by Gasteiger charge is -2.05. The van der Waals surface area contributed by atoms with Crippen molar-refractivity contribution in [2.45, 2.75) is 6.92 Å². The number of pyridine rings is 2. The van der Waals surface area contributed by atoms with Gasteiger partial charge in [0, 0.05) is 16.0 Å². The molecule has 0 spiro atoms. The zero-order valence-electron chi connectivity index (χ0n) is 9.14. The van der Waals surface area contributed by atoms with Crippen molar-refractivity contribution in [2.24, 2.45) is 0 Å². The summed E-state index contributed by atoms with van der Waals surface area (Å²) in [5.41, 5.74) is 1.42. The van der Waals surface area contributed by atoms with E-state index >= 15 is 0 Å². The fourth-order valence-corrected chi connectivity index (χ4v) is 1.60. The molecule has 2 aromatic heterocycles. The molecule has 0 saturated carbocycles. The van der Waals surface area contributed by atoms with Gasteiger partial charge < -0.3 is 5.32 Å². The van der Waals surface area contributed by atoms with Gasteiger partial charge >= 0.3 is 0 Å². The number of aromatic nitrogens is 2. The summed E-state index contributed by atoms with van der Waals surface area (Å²) in [7, 11) is 0. The SMILES string of the molecule is Cc1nc(NC(=O)c2cccnc2)ccc1I. The Kier molecular flexibility index (Phi) is 3.68. The minimum Gasteiger partial charge on any atom is -0.307 e. The smallest absolute Gasteiger partial charge is 0.258 e. The molecule has 0 fully saturated rings. The second-order valence-electron chi connectivity index (χ2n) is 3.46. The van der Waals surface area contributed by atoms with E-state index in [-0.39, 0.29) is 5.91 Å². The number of halogens is 1. The van der Waals surface area contributed by atoms with Crippen LogP contribution in [0.1, 0.15) is 16.1 Å². The number of amides is 1. The number of rotatable bonds is 2. The summed E-state index contributed by atoms with van der Waals surface area (Å²) in [6, 6.07) is 7.13. The van der Waals surface area contributed by atoms with Gasteiger partial charge in [-0.05, 0) is 53.8 Å². The van der Waals surface area contributed by atoms with Gasteiger partial charge in [-0.15, -0.1) is 0 Å². The molecule has 0 radical (unpaired) electrons. The van der Waals surface area contributed by atoms with Crippen molar-refractivity contribution in [1.29, 1.82) is 0 Å². The third-order valence-electron chi connectivity index (χ3n) is 2.19. The fraction of sp³-hybridized carbons (Fsp3) is 0.0833. The van der Waals surface area contributed by atoms with Crippen LogP contribution in [-0.4, -0.2) is 15.9 Å². The molecule has 0 bridgehead atoms. The molecule has 2 aromatic rings. The highest BCUT2D eigenvalue weighted by Gasteiger charge is 2.07. The van der Waals surface area contributed by atoms with Gasteiger partial charge in [-0.25, -0.2) is 4.98 Å². The molecular formula is C12H10IN3O. The van der Waals surface area contributed by atoms with Gasteiger partial charge in [0.05, 0.1) is 11.3 Å². The zero-order valence-corrected chi connectivity index (χ0v) is 11.3. The molecule has 86 valence electrons. The topological polar surface area (TPSA) is 54.9 Å². The van der Waals surface area contributed by atoms with Crippen LogP contribution in [0.4, 0.5) is 5.82 Å². The molecule has 0 aliphatic carbocycles. The van der Waals surface area contributed by atoms with Gasteiger partial charge in [0.15, 0.2) is 0 Å². The highest BCUT2D eigenvalue weighted by molar-refractivity contribution is 14.1. The van der Waals surface area contributed by atoms with Gasteiger partial charge in [-0.1, -0.05) is 0 Å². The van der Waals surface area contributed by atoms with Crippen molar-refractivity contribution in [1.82, 2.24) is 9.97 Å². The molecule has 2 rings (SSSR count). The van der Waals surface area contributed by atoms with Gasteiger partial charge in [0.2, 0.25) is 0 Å². The predicted octanol–water partition coefficient (Wildman–Crippen LogP) is 2.64. The molecule has 0 saturated heterocycles. The average molecular weight is 339 g/mol. The second kappa shape index (κ2) is 5.22. The molecule has 5 heteroatoms. The van der Waals surface area contributed by atoms with Crippen LogP contribution in [0.25, 0.3) is 0 Å². The molecule has 0 aromatic carbocycles. The van der Waals surface area contributed by atoms with E-state index in [4.69, 9.17) is 0 Å². The van der Waals surface area contributed by atoms with Crippen LogP contribution < -0.4 is 5.32 Å². The van der Waals surface area contributed by atoms with Gasteiger partial charge in [0.1, 0.15) is 5.82 Å². The third-order valence-corrected chi connectivity index (χ3v) is 3.33. The molecule has 17 heavy (non-hydrogen) atoms. The van der Waals surface area contributed by atoms with Crippen LogP contribution in [0, 0.1) is 10.5 Å². The number of nitrogens with one attached hydrogen (secondary N) is 1. The highest BCUT2D eigenvalue weighted by Crippen LogP contribution is 2.13. The number of anilines is 1. The predicted molar refractivity (Wildman–Crippen MR) is 73.9 cm³/mol. The maximum Gasteiger partial charge on any atom is 0.258 e. The lowest BCUT2D eigenvalue weighted by Crippen LogP contribution is -2.13. The summed E-state index contributed by atoms with van der Waals surface area (Å²) in [5, 5.41) is 2.73. The number of aryl methyl sites for hydroxylation is 1. The van der Waals surface area contributed by atoms with Crippen LogP contribution in [0.2, 0.25) is 0 Å². The molecule has 2 heterocycles. The monoisotopic (exact) mass is 339 g/mol. The first-order valence-electron chi connectivity index (χ1n) is 5.01. The lowest BCUT2D eigenvalue weighted by molar-refractivity contribution is 0.102. The van der Waals surface area contributed by atoms with E-state index in [1.165, 1.54) is 6.20 Å². The minimum absolute atomic E-state index is 0.203. The van der Waals surface area contributed by atoms with E-state index in [0.717, 1.165) is 9.26 Å². The van der Waals surface area contributed by atoms with Crippen molar-refractivity contribution in [3.05, 3.63) is 51.5 Å². The zero-order chi connectivity index (χ0) is 12.3. The normalized spacial score (nSPS) is 10.0. The maximum atomic E-state index is 11.8. The average Bonchev–Trinajstić information content (AvgIpc) is 2.35. The third kappa shape index (κ3) is 3.00. The molecule has 0 aliphatic rings. The molecule has 0 unspecified atom stereocenters. The van der Waals surface area contributed by atoms with Crippen molar-refractivity contribution in [2.75, 3.05) is 5.32 Å². The van der Waals surface area contributed by atoms with Crippen LogP contribution >= 0.6 is 22.6 Å². The van der Waals surface area contributed by atoms with Gasteiger partial charge in [-0.3, -0.25) is 9.78 Å². The van der Waals surface area contributed by atoms with Crippen LogP contribution in [0.15, 0.2) is 36.7 Å². The Morgan fingerprint density at radius 3 is 2.82 bits per heavy atom. The fourth-order valence-electron chi connectivity index (χ4n) is 1.30. The molecule has 4 nitrogen and oxygen atoms in total. The van der Waals surface area contributed by atoms with E-state index in [9.17, 15) is 4.79 Å². The van der Waals surface area contributed by atoms with E-state index in [0.29, 0.717) is 11.4 Å². The largest absolute Gasteiger partial charge is 0.307 e. The summed E-state index contributed by atoms with van der Waals surface area (Å²) in [6.07, 6.45) is 3.15. The van der Waals surface area contributed by atoms with Crippen molar-refractivity contribution in [3.63, 3.8) is 0 Å². The van der Waals surface area contributed by atoms with E-state index in [1.54, 1.807) is 24.4 Å². The molecule has 0 atom stereocenters. The lowest BCUT2D eigenvalue weighted by atomic mass is 10.2. The van der Waals surface area contributed by atoms with E-state index in [2.05, 4.69) is 37.9 Å². The standard InChI is InChI=1S/C12H10IN3O/c1-8-10(13)4-5-11(15-8)16-12(17)9-3-2-6-14-7-9/h2-7H,1H3,(H,15,16,17). The number of hydrogen-bond donors (Lipinski definition) is 1. The molecule has 1 amide bonds. The first-order chi connectivity index (χ1) is 8.16. The van der Waals surface area contributed by atoms with Gasteiger partial charge in [0.25, 0.3) is 5.91 Å². The Hall–Kier alpha value is -1.50. The summed E-state index contributed by atoms with van der Waals surface area (Å²) in [5.74, 6) is 0.350.